The normalized spacial score (nSPS) is 16.5. The molecule has 0 radical (unpaired) electrons. The first kappa shape index (κ1) is 28.7. The lowest BCUT2D eigenvalue weighted by Gasteiger charge is -2.18. The first-order valence-corrected chi connectivity index (χ1v) is 12.4. The van der Waals surface area contributed by atoms with Crippen LogP contribution in [0.2, 0.25) is 0 Å². The lowest BCUT2D eigenvalue weighted by Crippen LogP contribution is -2.32. The molecule has 1 amide bonds. The number of likely N-dealkylation sites (tertiary alicyclic amines) is 1. The van der Waals surface area contributed by atoms with Gasteiger partial charge in [-0.05, 0) is 43.6 Å². The predicted molar refractivity (Wildman–Crippen MR) is 127 cm³/mol. The van der Waals surface area contributed by atoms with Crippen LogP contribution in [0.4, 0.5) is 36.4 Å². The van der Waals surface area contributed by atoms with E-state index in [4.69, 9.17) is 4.74 Å². The number of carbonyl (C=O) groups is 1. The van der Waals surface area contributed by atoms with Gasteiger partial charge in [0, 0.05) is 41.7 Å². The summed E-state index contributed by atoms with van der Waals surface area (Å²) in [5, 5.41) is 2.63. The van der Waals surface area contributed by atoms with Gasteiger partial charge in [-0.25, -0.2) is 9.37 Å². The Hall–Kier alpha value is -3.33. The van der Waals surface area contributed by atoms with Gasteiger partial charge >= 0.3 is 12.4 Å². The number of aryl methyl sites for hydroxylation is 1. The van der Waals surface area contributed by atoms with Crippen molar-refractivity contribution in [2.45, 2.75) is 32.1 Å². The molecule has 1 saturated heterocycles. The van der Waals surface area contributed by atoms with Crippen LogP contribution in [0.1, 0.15) is 38.7 Å². The minimum atomic E-state index is -4.63. The number of benzene rings is 1. The van der Waals surface area contributed by atoms with Crippen LogP contribution in [0.15, 0.2) is 30.6 Å². The maximum atomic E-state index is 14.3. The number of nitrogens with one attached hydrogen (secondary N) is 1. The molecule has 2 aromatic heterocycles. The number of carbonyl (C=O) groups excluding carboxylic acids is 1. The predicted octanol–water partition coefficient (Wildman–Crippen LogP) is 5.51. The van der Waals surface area contributed by atoms with Crippen LogP contribution in [0, 0.1) is 18.7 Å². The van der Waals surface area contributed by atoms with Gasteiger partial charge in [-0.15, -0.1) is 0 Å². The number of hydrogen-bond acceptors (Lipinski definition) is 7. The Kier molecular flexibility index (Phi) is 8.39. The van der Waals surface area contributed by atoms with Crippen LogP contribution in [-0.4, -0.2) is 57.6 Å². The molecule has 1 aromatic carbocycles. The Labute approximate surface area is 222 Å². The molecule has 39 heavy (non-hydrogen) atoms. The topological polar surface area (TPSA) is 80.2 Å². The average molecular weight is 578 g/mol. The third-order valence-electron chi connectivity index (χ3n) is 5.93. The molecule has 1 fully saturated rings. The number of nitrogens with zero attached hydrogens (tertiary/aromatic N) is 4. The molecule has 0 unspecified atom stereocenters. The number of anilines is 1. The second kappa shape index (κ2) is 11.4. The van der Waals surface area contributed by atoms with E-state index in [1.807, 2.05) is 0 Å². The fourth-order valence-electron chi connectivity index (χ4n) is 4.12. The van der Waals surface area contributed by atoms with E-state index in [9.17, 15) is 35.5 Å². The Morgan fingerprint density at radius 3 is 2.62 bits per heavy atom. The minimum Gasteiger partial charge on any atom is -0.490 e. The van der Waals surface area contributed by atoms with Crippen molar-refractivity contribution in [2.75, 3.05) is 31.6 Å². The second-order valence-electron chi connectivity index (χ2n) is 9.05. The van der Waals surface area contributed by atoms with Gasteiger partial charge in [0.25, 0.3) is 5.91 Å². The number of aromatic nitrogens is 3. The van der Waals surface area contributed by atoms with E-state index in [0.29, 0.717) is 23.2 Å². The standard InChI is InChI=1S/C24H22F7N5O2S/c1-13-21(19(39-35-13)7-16-8-33-20(9-32-16)24(29,30)31)22(37)34-15-2-3-17(25)18(6-15)38-11-14-4-5-36(10-14)12-23(26,27)28/h2-3,6,8-9,14H,4-5,7,10-12H2,1H3,(H,34,37)/t14-/m0/s1. The third-order valence-corrected chi connectivity index (χ3v) is 6.87. The number of alkyl halides is 6. The van der Waals surface area contributed by atoms with Crippen LogP contribution < -0.4 is 10.1 Å². The highest BCUT2D eigenvalue weighted by Gasteiger charge is 2.35. The van der Waals surface area contributed by atoms with E-state index in [2.05, 4.69) is 19.7 Å². The third kappa shape index (κ3) is 7.62. The summed E-state index contributed by atoms with van der Waals surface area (Å²) in [5.74, 6) is -1.65. The molecular formula is C24H22F7N5O2S. The van der Waals surface area contributed by atoms with Crippen LogP contribution in [0.5, 0.6) is 5.75 Å². The monoisotopic (exact) mass is 577 g/mol. The summed E-state index contributed by atoms with van der Waals surface area (Å²) in [5.41, 5.74) is -0.142. The van der Waals surface area contributed by atoms with Crippen LogP contribution in [0.3, 0.4) is 0 Å². The summed E-state index contributed by atoms with van der Waals surface area (Å²) < 4.78 is 100. The zero-order valence-corrected chi connectivity index (χ0v) is 21.2. The van der Waals surface area contributed by atoms with Crippen molar-refractivity contribution in [2.24, 2.45) is 5.92 Å². The van der Waals surface area contributed by atoms with Crippen molar-refractivity contribution >= 4 is 23.1 Å². The Balaban J connectivity index is 1.40. The molecule has 0 aliphatic carbocycles. The lowest BCUT2D eigenvalue weighted by molar-refractivity contribution is -0.144. The van der Waals surface area contributed by atoms with Crippen LogP contribution >= 0.6 is 11.5 Å². The molecule has 0 bridgehead atoms. The number of rotatable bonds is 8. The summed E-state index contributed by atoms with van der Waals surface area (Å²) in [6, 6.07) is 3.68. The molecule has 4 rings (SSSR count). The molecule has 0 spiro atoms. The van der Waals surface area contributed by atoms with Crippen molar-refractivity contribution in [3.05, 3.63) is 63.9 Å². The largest absolute Gasteiger partial charge is 0.490 e. The first-order chi connectivity index (χ1) is 18.3. The first-order valence-electron chi connectivity index (χ1n) is 11.6. The minimum absolute atomic E-state index is 0.00848. The van der Waals surface area contributed by atoms with E-state index in [1.165, 1.54) is 17.0 Å². The quantitative estimate of drug-likeness (QED) is 0.356. The van der Waals surface area contributed by atoms with E-state index in [-0.39, 0.29) is 54.7 Å². The van der Waals surface area contributed by atoms with Gasteiger partial charge < -0.3 is 10.1 Å². The number of amides is 1. The molecule has 1 aliphatic rings. The summed E-state index contributed by atoms with van der Waals surface area (Å²) in [6.45, 7) is 1.03. The fraction of sp³-hybridized carbons (Fsp3) is 0.417. The Morgan fingerprint density at radius 1 is 1.18 bits per heavy atom. The maximum absolute atomic E-state index is 14.3. The molecule has 3 heterocycles. The Bertz CT molecular complexity index is 1310. The van der Waals surface area contributed by atoms with Crippen molar-refractivity contribution < 1.29 is 40.3 Å². The van der Waals surface area contributed by atoms with E-state index >= 15 is 0 Å². The number of halogens is 7. The van der Waals surface area contributed by atoms with Gasteiger partial charge in [0.15, 0.2) is 17.3 Å². The van der Waals surface area contributed by atoms with E-state index in [1.54, 1.807) is 6.92 Å². The molecule has 7 nitrogen and oxygen atoms in total. The SMILES string of the molecule is Cc1nsc(Cc2cnc(C(F)(F)F)cn2)c1C(=O)Nc1ccc(F)c(OC[C@H]2CCN(CC(F)(F)F)C2)c1. The summed E-state index contributed by atoms with van der Waals surface area (Å²) >= 11 is 0.991. The highest BCUT2D eigenvalue weighted by Crippen LogP contribution is 2.29. The lowest BCUT2D eigenvalue weighted by atomic mass is 10.1. The van der Waals surface area contributed by atoms with Crippen molar-refractivity contribution in [1.29, 1.82) is 0 Å². The molecule has 210 valence electrons. The average Bonchev–Trinajstić information content (AvgIpc) is 3.43. The second-order valence-corrected chi connectivity index (χ2v) is 9.91. The fourth-order valence-corrected chi connectivity index (χ4v) is 5.01. The van der Waals surface area contributed by atoms with Gasteiger partial charge in [0.05, 0.1) is 36.3 Å². The van der Waals surface area contributed by atoms with Gasteiger partial charge in [-0.3, -0.25) is 14.7 Å². The number of ether oxygens (including phenoxy) is 1. The summed E-state index contributed by atoms with van der Waals surface area (Å²) in [7, 11) is 0. The smallest absolute Gasteiger partial charge is 0.434 e. The zero-order valence-electron chi connectivity index (χ0n) is 20.4. The van der Waals surface area contributed by atoms with Crippen LogP contribution in [-0.2, 0) is 12.6 Å². The zero-order chi connectivity index (χ0) is 28.4. The highest BCUT2D eigenvalue weighted by molar-refractivity contribution is 7.06. The number of hydrogen-bond donors (Lipinski definition) is 1. The molecular weight excluding hydrogens is 555 g/mol. The molecule has 1 atom stereocenters. The van der Waals surface area contributed by atoms with Crippen molar-refractivity contribution in [1.82, 2.24) is 19.2 Å². The van der Waals surface area contributed by atoms with Crippen molar-refractivity contribution in [3.8, 4) is 5.75 Å². The molecule has 0 saturated carbocycles. The maximum Gasteiger partial charge on any atom is 0.434 e. The van der Waals surface area contributed by atoms with Gasteiger partial charge in [0.1, 0.15) is 0 Å². The van der Waals surface area contributed by atoms with E-state index in [0.717, 1.165) is 23.8 Å². The van der Waals surface area contributed by atoms with Crippen molar-refractivity contribution in [3.63, 3.8) is 0 Å². The van der Waals surface area contributed by atoms with Crippen LogP contribution in [0.25, 0.3) is 0 Å². The Morgan fingerprint density at radius 2 is 1.95 bits per heavy atom. The highest BCUT2D eigenvalue weighted by atomic mass is 32.1. The molecule has 15 heteroatoms. The molecule has 1 N–H and O–H groups in total. The molecule has 3 aromatic rings. The van der Waals surface area contributed by atoms with Gasteiger partial charge in [-0.2, -0.15) is 30.7 Å². The van der Waals surface area contributed by atoms with Gasteiger partial charge in [0.2, 0.25) is 0 Å². The summed E-state index contributed by atoms with van der Waals surface area (Å²) in [6.07, 6.45) is -6.83. The van der Waals surface area contributed by atoms with E-state index < -0.39 is 36.3 Å². The van der Waals surface area contributed by atoms with Gasteiger partial charge in [-0.1, -0.05) is 0 Å². The molecule has 1 aliphatic heterocycles. The summed E-state index contributed by atoms with van der Waals surface area (Å²) in [4.78, 5) is 21.9.